The fourth-order valence-corrected chi connectivity index (χ4v) is 3.01. The Morgan fingerprint density at radius 2 is 1.92 bits per heavy atom. The van der Waals surface area contributed by atoms with Gasteiger partial charge in [-0.15, -0.1) is 11.3 Å². The monoisotopic (exact) mass is 350 g/mol. The lowest BCUT2D eigenvalue weighted by Gasteiger charge is -2.06. The highest BCUT2D eigenvalue weighted by molar-refractivity contribution is 7.19. The Kier molecular flexibility index (Phi) is 4.06. The molecule has 0 saturated carbocycles. The molecule has 1 heterocycles. The maximum Gasteiger partial charge on any atom is 0.416 e. The maximum absolute atomic E-state index is 12.7. The van der Waals surface area contributed by atoms with Crippen LogP contribution in [-0.4, -0.2) is 9.91 Å². The van der Waals surface area contributed by atoms with Crippen LogP contribution in [0.1, 0.15) is 16.1 Å². The number of hydrogen-bond acceptors (Lipinski definition) is 4. The molecule has 122 valence electrons. The molecule has 3 rings (SSSR count). The first kappa shape index (κ1) is 16.1. The lowest BCUT2D eigenvalue weighted by atomic mass is 10.1. The number of hydrogen-bond donors (Lipinski definition) is 0. The summed E-state index contributed by atoms with van der Waals surface area (Å²) in [4.78, 5) is 14.6. The number of nitro groups is 1. The molecule has 2 aromatic carbocycles. The van der Waals surface area contributed by atoms with Crippen molar-refractivity contribution in [2.75, 3.05) is 0 Å². The van der Waals surface area contributed by atoms with E-state index in [9.17, 15) is 23.3 Å². The number of rotatable bonds is 3. The molecule has 24 heavy (non-hydrogen) atoms. The van der Waals surface area contributed by atoms with Crippen molar-refractivity contribution in [1.29, 1.82) is 0 Å². The highest BCUT2D eigenvalue weighted by Crippen LogP contribution is 2.30. The summed E-state index contributed by atoms with van der Waals surface area (Å²) in [6.07, 6.45) is -1.27. The van der Waals surface area contributed by atoms with E-state index in [1.54, 1.807) is 18.2 Å². The van der Waals surface area contributed by atoms with E-state index in [2.05, 4.69) is 4.98 Å². The van der Waals surface area contributed by atoms with Gasteiger partial charge in [-0.05, 0) is 29.8 Å². The molecule has 0 unspecified atom stereocenters. The van der Waals surface area contributed by atoms with Crippen molar-refractivity contribution in [3.63, 3.8) is 0 Å². The van der Waals surface area contributed by atoms with Gasteiger partial charge in [0.2, 0.25) is 0 Å². The molecule has 0 fully saturated rings. The third kappa shape index (κ3) is 3.43. The summed E-state index contributed by atoms with van der Waals surface area (Å²) < 4.78 is 38.7. The molecule has 0 atom stereocenters. The zero-order valence-electron chi connectivity index (χ0n) is 11.9. The smallest absolute Gasteiger partial charge is 0.258 e. The topological polar surface area (TPSA) is 56.0 Å². The molecule has 0 aliphatic heterocycles. The van der Waals surface area contributed by atoms with Crippen LogP contribution in [0.15, 0.2) is 42.5 Å². The predicted octanol–water partition coefficient (Wildman–Crippen LogP) is 5.39. The molecule has 0 radical (unpaired) electrons. The molecule has 0 amide bonds. The van der Waals surface area contributed by atoms with E-state index in [0.717, 1.165) is 12.1 Å². The van der Waals surface area contributed by atoms with Gasteiger partial charge >= 0.3 is 6.18 Å². The Morgan fingerprint density at radius 1 is 1.12 bits per heavy atom. The maximum atomic E-state index is 12.7. The number of halogens is 3. The van der Waals surface area contributed by atoms with Gasteiger partial charge in [0.25, 0.3) is 5.69 Å². The van der Waals surface area contributed by atoms with Crippen LogP contribution in [0, 0.1) is 10.1 Å². The number of thiazole rings is 1. The van der Waals surface area contributed by atoms with Crippen molar-refractivity contribution in [3.8, 4) is 0 Å². The summed E-state index contributed by atoms with van der Waals surface area (Å²) in [5.41, 5.74) is 0.258. The minimum absolute atomic E-state index is 0.0282. The van der Waals surface area contributed by atoms with Crippen LogP contribution in [0.4, 0.5) is 18.9 Å². The van der Waals surface area contributed by atoms with Crippen LogP contribution in [0.3, 0.4) is 0 Å². The van der Waals surface area contributed by atoms with Gasteiger partial charge in [0.05, 0.1) is 20.7 Å². The second-order valence-electron chi connectivity index (χ2n) is 4.92. The molecule has 8 heteroatoms. The molecule has 0 saturated heterocycles. The van der Waals surface area contributed by atoms with Gasteiger partial charge in [0.1, 0.15) is 5.01 Å². The first-order chi connectivity index (χ1) is 11.3. The van der Waals surface area contributed by atoms with Crippen molar-refractivity contribution >= 4 is 39.4 Å². The van der Waals surface area contributed by atoms with Crippen LogP contribution in [0.2, 0.25) is 0 Å². The SMILES string of the molecule is O=[N+]([O-])c1ccc2nc(C=Cc3cccc(C(F)(F)F)c3)sc2c1. The van der Waals surface area contributed by atoms with E-state index < -0.39 is 16.7 Å². The zero-order chi connectivity index (χ0) is 17.3. The van der Waals surface area contributed by atoms with E-state index in [1.807, 2.05) is 0 Å². The minimum Gasteiger partial charge on any atom is -0.258 e. The number of nitrogens with zero attached hydrogens (tertiary/aromatic N) is 2. The van der Waals surface area contributed by atoms with Crippen molar-refractivity contribution in [2.45, 2.75) is 6.18 Å². The van der Waals surface area contributed by atoms with Gasteiger partial charge in [-0.1, -0.05) is 18.2 Å². The second kappa shape index (κ2) is 6.04. The van der Waals surface area contributed by atoms with Crippen LogP contribution in [0.5, 0.6) is 0 Å². The average molecular weight is 350 g/mol. The Labute approximate surface area is 138 Å². The number of alkyl halides is 3. The molecule has 0 N–H and O–H groups in total. The summed E-state index contributed by atoms with van der Waals surface area (Å²) in [5.74, 6) is 0. The highest BCUT2D eigenvalue weighted by Gasteiger charge is 2.30. The second-order valence-corrected chi connectivity index (χ2v) is 5.98. The molecule has 0 spiro atoms. The number of fused-ring (bicyclic) bond motifs is 1. The van der Waals surface area contributed by atoms with Crippen LogP contribution < -0.4 is 0 Å². The lowest BCUT2D eigenvalue weighted by molar-refractivity contribution is -0.384. The van der Waals surface area contributed by atoms with Crippen molar-refractivity contribution in [1.82, 2.24) is 4.98 Å². The number of aromatic nitrogens is 1. The molecule has 0 bridgehead atoms. The normalized spacial score (nSPS) is 12.1. The zero-order valence-corrected chi connectivity index (χ0v) is 12.8. The summed E-state index contributed by atoms with van der Waals surface area (Å²) in [5, 5.41) is 11.3. The van der Waals surface area contributed by atoms with Gasteiger partial charge in [-0.2, -0.15) is 13.2 Å². The van der Waals surface area contributed by atoms with Crippen molar-refractivity contribution < 1.29 is 18.1 Å². The van der Waals surface area contributed by atoms with Crippen molar-refractivity contribution in [2.24, 2.45) is 0 Å². The summed E-state index contributed by atoms with van der Waals surface area (Å²) in [6, 6.07) is 9.29. The Morgan fingerprint density at radius 3 is 2.62 bits per heavy atom. The standard InChI is InChI=1S/C16H9F3N2O2S/c17-16(18,19)11-3-1-2-10(8-11)4-7-15-20-13-6-5-12(21(22)23)9-14(13)24-15/h1-9H. The van der Waals surface area contributed by atoms with E-state index in [0.29, 0.717) is 20.8 Å². The molecule has 4 nitrogen and oxygen atoms in total. The fraction of sp³-hybridized carbons (Fsp3) is 0.0625. The van der Waals surface area contributed by atoms with E-state index >= 15 is 0 Å². The first-order valence-corrected chi connectivity index (χ1v) is 7.55. The molecule has 0 aliphatic rings. The summed E-state index contributed by atoms with van der Waals surface area (Å²) >= 11 is 1.23. The third-order valence-corrected chi connectivity index (χ3v) is 4.22. The lowest BCUT2D eigenvalue weighted by Crippen LogP contribution is -2.04. The number of nitro benzene ring substituents is 1. The quantitative estimate of drug-likeness (QED) is 0.470. The highest BCUT2D eigenvalue weighted by atomic mass is 32.1. The fourth-order valence-electron chi connectivity index (χ4n) is 2.10. The van der Waals surface area contributed by atoms with Gasteiger partial charge in [-0.3, -0.25) is 10.1 Å². The molecular formula is C16H9F3N2O2S. The van der Waals surface area contributed by atoms with Gasteiger partial charge in [-0.25, -0.2) is 4.98 Å². The van der Waals surface area contributed by atoms with E-state index in [4.69, 9.17) is 0 Å². The van der Waals surface area contributed by atoms with Crippen LogP contribution in [-0.2, 0) is 6.18 Å². The summed E-state index contributed by atoms with van der Waals surface area (Å²) in [6.45, 7) is 0. The van der Waals surface area contributed by atoms with Crippen molar-refractivity contribution in [3.05, 3.63) is 68.7 Å². The Balaban J connectivity index is 1.89. The largest absolute Gasteiger partial charge is 0.416 e. The average Bonchev–Trinajstić information content (AvgIpc) is 2.94. The van der Waals surface area contributed by atoms with Gasteiger partial charge in [0, 0.05) is 12.1 Å². The van der Waals surface area contributed by atoms with Gasteiger partial charge in [0.15, 0.2) is 0 Å². The van der Waals surface area contributed by atoms with E-state index in [-0.39, 0.29) is 5.69 Å². The van der Waals surface area contributed by atoms with Gasteiger partial charge < -0.3 is 0 Å². The third-order valence-electron chi connectivity index (χ3n) is 3.23. The Hall–Kier alpha value is -2.74. The Bertz CT molecular complexity index is 948. The molecule has 0 aliphatic carbocycles. The summed E-state index contributed by atoms with van der Waals surface area (Å²) in [7, 11) is 0. The van der Waals surface area contributed by atoms with Crippen LogP contribution >= 0.6 is 11.3 Å². The molecule has 3 aromatic rings. The predicted molar refractivity (Wildman–Crippen MR) is 86.6 cm³/mol. The molecular weight excluding hydrogens is 341 g/mol. The van der Waals surface area contributed by atoms with Crippen LogP contribution in [0.25, 0.3) is 22.4 Å². The number of benzene rings is 2. The number of non-ortho nitro benzene ring substituents is 1. The molecule has 1 aromatic heterocycles. The van der Waals surface area contributed by atoms with E-state index in [1.165, 1.54) is 35.6 Å². The minimum atomic E-state index is -4.39. The first-order valence-electron chi connectivity index (χ1n) is 6.73.